The van der Waals surface area contributed by atoms with E-state index >= 15 is 0 Å². The van der Waals surface area contributed by atoms with Crippen LogP contribution in [-0.2, 0) is 16.1 Å². The Labute approximate surface area is 224 Å². The van der Waals surface area contributed by atoms with Crippen LogP contribution in [0.4, 0.5) is 16.2 Å². The Morgan fingerprint density at radius 3 is 2.50 bits per heavy atom. The summed E-state index contributed by atoms with van der Waals surface area (Å²) in [6.07, 6.45) is 3.18. The molecule has 5 rings (SSSR count). The van der Waals surface area contributed by atoms with Gasteiger partial charge in [-0.25, -0.2) is 4.79 Å². The van der Waals surface area contributed by atoms with Crippen molar-refractivity contribution in [3.05, 3.63) is 59.7 Å². The number of ether oxygens (including phenoxy) is 1. The van der Waals surface area contributed by atoms with Crippen LogP contribution in [-0.4, -0.2) is 80.1 Å². The van der Waals surface area contributed by atoms with Crippen LogP contribution in [0.2, 0.25) is 0 Å². The van der Waals surface area contributed by atoms with E-state index in [0.29, 0.717) is 37.4 Å². The number of nitrogens with one attached hydrogen (secondary N) is 2. The summed E-state index contributed by atoms with van der Waals surface area (Å²) in [5, 5.41) is 6.23. The first-order valence-corrected chi connectivity index (χ1v) is 13.7. The SMILES string of the molecule is O=C(Nc1cc(C(=O)N2CCCNCC2)ccc1N1CCCN(C(=O)C2CC2)CC1)OCc1ccccc1. The maximum absolute atomic E-state index is 13.3. The van der Waals surface area contributed by atoms with Gasteiger partial charge in [0.1, 0.15) is 6.61 Å². The van der Waals surface area contributed by atoms with Crippen LogP contribution in [0.3, 0.4) is 0 Å². The lowest BCUT2D eigenvalue weighted by molar-refractivity contribution is -0.132. The lowest BCUT2D eigenvalue weighted by atomic mass is 10.1. The number of carbonyl (C=O) groups excluding carboxylic acids is 3. The maximum Gasteiger partial charge on any atom is 0.412 e. The number of benzene rings is 2. The van der Waals surface area contributed by atoms with E-state index in [9.17, 15) is 14.4 Å². The number of rotatable bonds is 6. The van der Waals surface area contributed by atoms with Crippen molar-refractivity contribution in [1.82, 2.24) is 15.1 Å². The average Bonchev–Trinajstić information content (AvgIpc) is 3.81. The van der Waals surface area contributed by atoms with Gasteiger partial charge in [-0.3, -0.25) is 14.9 Å². The Balaban J connectivity index is 1.33. The number of carbonyl (C=O) groups is 3. The molecule has 0 atom stereocenters. The highest BCUT2D eigenvalue weighted by Gasteiger charge is 2.34. The van der Waals surface area contributed by atoms with E-state index in [1.165, 1.54) is 0 Å². The molecule has 3 fully saturated rings. The summed E-state index contributed by atoms with van der Waals surface area (Å²) in [4.78, 5) is 44.8. The monoisotopic (exact) mass is 519 g/mol. The number of hydrogen-bond donors (Lipinski definition) is 2. The van der Waals surface area contributed by atoms with Gasteiger partial charge in [0, 0.05) is 57.3 Å². The van der Waals surface area contributed by atoms with E-state index in [1.54, 1.807) is 6.07 Å². The van der Waals surface area contributed by atoms with Crippen LogP contribution >= 0.6 is 0 Å². The predicted molar refractivity (Wildman–Crippen MR) is 146 cm³/mol. The third-order valence-corrected chi connectivity index (χ3v) is 7.40. The van der Waals surface area contributed by atoms with Crippen molar-refractivity contribution in [3.8, 4) is 0 Å². The van der Waals surface area contributed by atoms with E-state index < -0.39 is 6.09 Å². The molecule has 3 aliphatic rings. The first-order chi connectivity index (χ1) is 18.6. The molecule has 2 N–H and O–H groups in total. The van der Waals surface area contributed by atoms with Gasteiger partial charge in [-0.2, -0.15) is 0 Å². The van der Waals surface area contributed by atoms with Crippen molar-refractivity contribution < 1.29 is 19.1 Å². The topological polar surface area (TPSA) is 94.2 Å². The molecule has 1 saturated carbocycles. The van der Waals surface area contributed by atoms with E-state index in [4.69, 9.17) is 4.74 Å². The summed E-state index contributed by atoms with van der Waals surface area (Å²) in [7, 11) is 0. The quantitative estimate of drug-likeness (QED) is 0.608. The van der Waals surface area contributed by atoms with Crippen LogP contribution < -0.4 is 15.5 Å². The molecule has 2 heterocycles. The van der Waals surface area contributed by atoms with Gasteiger partial charge in [-0.15, -0.1) is 0 Å². The van der Waals surface area contributed by atoms with Gasteiger partial charge >= 0.3 is 6.09 Å². The summed E-state index contributed by atoms with van der Waals surface area (Å²) in [5.41, 5.74) is 2.81. The van der Waals surface area contributed by atoms with Gasteiger partial charge < -0.3 is 24.8 Å². The first kappa shape index (κ1) is 26.0. The highest BCUT2D eigenvalue weighted by molar-refractivity contribution is 5.98. The van der Waals surface area contributed by atoms with Crippen molar-refractivity contribution in [2.75, 3.05) is 62.6 Å². The van der Waals surface area contributed by atoms with Gasteiger partial charge in [-0.1, -0.05) is 30.3 Å². The van der Waals surface area contributed by atoms with E-state index in [-0.39, 0.29) is 24.3 Å². The average molecular weight is 520 g/mol. The second-order valence-corrected chi connectivity index (χ2v) is 10.3. The summed E-state index contributed by atoms with van der Waals surface area (Å²) in [6.45, 7) is 5.99. The highest BCUT2D eigenvalue weighted by atomic mass is 16.5. The number of hydrogen-bond acceptors (Lipinski definition) is 6. The van der Waals surface area contributed by atoms with E-state index in [2.05, 4.69) is 15.5 Å². The number of amides is 3. The van der Waals surface area contributed by atoms with Gasteiger partial charge in [0.15, 0.2) is 0 Å². The largest absolute Gasteiger partial charge is 0.444 e. The smallest absolute Gasteiger partial charge is 0.412 e. The Hall–Kier alpha value is -3.59. The molecular weight excluding hydrogens is 482 g/mol. The van der Waals surface area contributed by atoms with Crippen LogP contribution in [0.25, 0.3) is 0 Å². The van der Waals surface area contributed by atoms with Gasteiger partial charge in [0.05, 0.1) is 11.4 Å². The molecule has 2 aliphatic heterocycles. The highest BCUT2D eigenvalue weighted by Crippen LogP contribution is 2.33. The fourth-order valence-electron chi connectivity index (χ4n) is 5.11. The van der Waals surface area contributed by atoms with E-state index in [0.717, 1.165) is 63.1 Å². The first-order valence-electron chi connectivity index (χ1n) is 13.7. The number of nitrogens with zero attached hydrogens (tertiary/aromatic N) is 3. The van der Waals surface area contributed by atoms with Crippen LogP contribution in [0.5, 0.6) is 0 Å². The zero-order chi connectivity index (χ0) is 26.3. The van der Waals surface area contributed by atoms with Crippen molar-refractivity contribution in [3.63, 3.8) is 0 Å². The zero-order valence-electron chi connectivity index (χ0n) is 21.9. The molecule has 1 aliphatic carbocycles. The Bertz CT molecular complexity index is 1130. The molecule has 38 heavy (non-hydrogen) atoms. The normalized spacial score (nSPS) is 18.4. The molecule has 0 spiro atoms. The van der Waals surface area contributed by atoms with Crippen LogP contribution in [0.15, 0.2) is 48.5 Å². The molecule has 0 unspecified atom stereocenters. The molecule has 2 aromatic carbocycles. The summed E-state index contributed by atoms with van der Waals surface area (Å²) in [5.74, 6) is 0.429. The fraction of sp³-hybridized carbons (Fsp3) is 0.483. The maximum atomic E-state index is 13.3. The minimum atomic E-state index is -0.570. The molecule has 9 heteroatoms. The lowest BCUT2D eigenvalue weighted by Gasteiger charge is -2.27. The molecule has 2 saturated heterocycles. The summed E-state index contributed by atoms with van der Waals surface area (Å²) in [6, 6.07) is 15.0. The minimum Gasteiger partial charge on any atom is -0.444 e. The molecular formula is C29H37N5O4. The summed E-state index contributed by atoms with van der Waals surface area (Å²) < 4.78 is 5.49. The Morgan fingerprint density at radius 2 is 1.68 bits per heavy atom. The van der Waals surface area contributed by atoms with Gasteiger partial charge in [0.25, 0.3) is 5.91 Å². The van der Waals surface area contributed by atoms with Crippen molar-refractivity contribution in [2.24, 2.45) is 5.92 Å². The summed E-state index contributed by atoms with van der Waals surface area (Å²) >= 11 is 0. The third kappa shape index (κ3) is 6.64. The van der Waals surface area contributed by atoms with E-state index in [1.807, 2.05) is 52.3 Å². The van der Waals surface area contributed by atoms with Crippen LogP contribution in [0.1, 0.15) is 41.6 Å². The second kappa shape index (κ2) is 12.3. The molecule has 0 bridgehead atoms. The van der Waals surface area contributed by atoms with Gasteiger partial charge in [0.2, 0.25) is 5.91 Å². The molecule has 202 valence electrons. The molecule has 9 nitrogen and oxygen atoms in total. The minimum absolute atomic E-state index is 0.0435. The van der Waals surface area contributed by atoms with Crippen molar-refractivity contribution in [1.29, 1.82) is 0 Å². The van der Waals surface area contributed by atoms with Crippen molar-refractivity contribution in [2.45, 2.75) is 32.3 Å². The number of anilines is 2. The van der Waals surface area contributed by atoms with Gasteiger partial charge in [-0.05, 0) is 56.0 Å². The fourth-order valence-corrected chi connectivity index (χ4v) is 5.11. The third-order valence-electron chi connectivity index (χ3n) is 7.40. The predicted octanol–water partition coefficient (Wildman–Crippen LogP) is 3.32. The standard InChI is InChI=1S/C29H37N5O4/c35-27(23-8-9-23)34-16-5-15-32(18-19-34)26-11-10-24(28(36)33-14-4-12-30-13-17-33)20-25(26)31-29(37)38-21-22-6-2-1-3-7-22/h1-3,6-7,10-11,20,23,30H,4-5,8-9,12-19,21H2,(H,31,37). The second-order valence-electron chi connectivity index (χ2n) is 10.3. The zero-order valence-corrected chi connectivity index (χ0v) is 21.9. The molecule has 0 aromatic heterocycles. The Kier molecular flexibility index (Phi) is 8.43. The van der Waals surface area contributed by atoms with Crippen molar-refractivity contribution >= 4 is 29.3 Å². The Morgan fingerprint density at radius 1 is 0.868 bits per heavy atom. The molecule has 3 amide bonds. The van der Waals surface area contributed by atoms with Crippen LogP contribution in [0, 0.1) is 5.92 Å². The molecule has 2 aromatic rings. The molecule has 0 radical (unpaired) electrons. The lowest BCUT2D eigenvalue weighted by Crippen LogP contribution is -2.36.